The van der Waals surface area contributed by atoms with Gasteiger partial charge >= 0.3 is 0 Å². The maximum Gasteiger partial charge on any atom is 0.138 e. The summed E-state index contributed by atoms with van der Waals surface area (Å²) in [5.74, 6) is 1.87. The summed E-state index contributed by atoms with van der Waals surface area (Å²) >= 11 is 1.93. The van der Waals surface area contributed by atoms with Crippen LogP contribution in [-0.2, 0) is 12.3 Å². The predicted octanol–water partition coefficient (Wildman–Crippen LogP) is 4.01. The van der Waals surface area contributed by atoms with Crippen LogP contribution < -0.4 is 5.32 Å². The highest BCUT2D eigenvalue weighted by Crippen LogP contribution is 2.19. The Morgan fingerprint density at radius 1 is 1.15 bits per heavy atom. The molecule has 0 fully saturated rings. The first-order valence-electron chi connectivity index (χ1n) is 7.42. The molecule has 0 aromatic carbocycles. The van der Waals surface area contributed by atoms with Gasteiger partial charge in [0.05, 0.1) is 5.75 Å². The Morgan fingerprint density at radius 2 is 1.70 bits per heavy atom. The van der Waals surface area contributed by atoms with Crippen LogP contribution in [0.15, 0.2) is 0 Å². The van der Waals surface area contributed by atoms with Crippen LogP contribution in [0.4, 0.5) is 0 Å². The summed E-state index contributed by atoms with van der Waals surface area (Å²) in [7, 11) is 0. The van der Waals surface area contributed by atoms with Crippen molar-refractivity contribution in [2.24, 2.45) is 0 Å². The fourth-order valence-electron chi connectivity index (χ4n) is 1.82. The molecule has 0 aliphatic rings. The fourth-order valence-corrected chi connectivity index (χ4v) is 2.62. The van der Waals surface area contributed by atoms with Crippen molar-refractivity contribution >= 4 is 11.8 Å². The lowest BCUT2D eigenvalue weighted by Crippen LogP contribution is -2.35. The van der Waals surface area contributed by atoms with Crippen molar-refractivity contribution in [3.05, 3.63) is 22.8 Å². The average Bonchev–Trinajstić information content (AvgIpc) is 2.33. The van der Waals surface area contributed by atoms with Crippen LogP contribution in [0.1, 0.15) is 63.8 Å². The van der Waals surface area contributed by atoms with E-state index in [4.69, 9.17) is 0 Å². The third-order valence-corrected chi connectivity index (χ3v) is 4.66. The third kappa shape index (κ3) is 5.80. The number of rotatable bonds is 6. The molecule has 0 radical (unpaired) electrons. The lowest BCUT2D eigenvalue weighted by atomic mass is 10.1. The zero-order chi connectivity index (χ0) is 15.3. The molecule has 1 rings (SSSR count). The van der Waals surface area contributed by atoms with Crippen LogP contribution in [-0.4, -0.2) is 20.8 Å². The molecular formula is C16H29N3S. The Hall–Kier alpha value is -0.610. The van der Waals surface area contributed by atoms with Gasteiger partial charge in [-0.25, -0.2) is 9.97 Å². The normalized spacial score (nSPS) is 13.6. The topological polar surface area (TPSA) is 37.8 Å². The fraction of sp³-hybridized carbons (Fsp3) is 0.750. The number of aromatic nitrogens is 2. The minimum absolute atomic E-state index is 0.115. The van der Waals surface area contributed by atoms with Crippen molar-refractivity contribution in [3.8, 4) is 0 Å². The third-order valence-electron chi connectivity index (χ3n) is 3.33. The zero-order valence-corrected chi connectivity index (χ0v) is 14.8. The van der Waals surface area contributed by atoms with Crippen molar-refractivity contribution < 1.29 is 0 Å². The van der Waals surface area contributed by atoms with Gasteiger partial charge in [0.1, 0.15) is 5.82 Å². The second-order valence-corrected chi connectivity index (χ2v) is 7.85. The average molecular weight is 295 g/mol. The lowest BCUT2D eigenvalue weighted by molar-refractivity contribution is 0.422. The van der Waals surface area contributed by atoms with Crippen LogP contribution in [0.2, 0.25) is 0 Å². The molecule has 4 heteroatoms. The minimum Gasteiger partial charge on any atom is -0.308 e. The number of nitrogens with one attached hydrogen (secondary N) is 1. The van der Waals surface area contributed by atoms with Gasteiger partial charge < -0.3 is 5.32 Å². The summed E-state index contributed by atoms with van der Waals surface area (Å²) in [4.78, 5) is 9.34. The van der Waals surface area contributed by atoms with Crippen LogP contribution in [0.25, 0.3) is 0 Å². The molecule has 0 bridgehead atoms. The highest BCUT2D eigenvalue weighted by atomic mass is 32.2. The van der Waals surface area contributed by atoms with Gasteiger partial charge in [0.25, 0.3) is 0 Å². The van der Waals surface area contributed by atoms with Gasteiger partial charge in [-0.3, -0.25) is 0 Å². The Balaban J connectivity index is 2.76. The van der Waals surface area contributed by atoms with Gasteiger partial charge in [0.15, 0.2) is 0 Å². The quantitative estimate of drug-likeness (QED) is 0.860. The summed E-state index contributed by atoms with van der Waals surface area (Å²) < 4.78 is 0. The first-order valence-corrected chi connectivity index (χ1v) is 8.47. The van der Waals surface area contributed by atoms with Crippen LogP contribution in [0.5, 0.6) is 0 Å². The van der Waals surface area contributed by atoms with E-state index in [0.717, 1.165) is 29.5 Å². The zero-order valence-electron chi connectivity index (χ0n) is 14.0. The van der Waals surface area contributed by atoms with E-state index in [1.165, 1.54) is 12.0 Å². The van der Waals surface area contributed by atoms with Crippen molar-refractivity contribution in [3.63, 3.8) is 0 Å². The van der Waals surface area contributed by atoms with E-state index in [1.54, 1.807) is 0 Å². The second kappa shape index (κ2) is 7.41. The molecular weight excluding hydrogens is 266 g/mol. The molecule has 1 aromatic rings. The van der Waals surface area contributed by atoms with E-state index < -0.39 is 0 Å². The summed E-state index contributed by atoms with van der Waals surface area (Å²) in [6.45, 7) is 16.0. The van der Waals surface area contributed by atoms with E-state index >= 15 is 0 Å². The number of nitrogens with zero attached hydrogens (tertiary/aromatic N) is 2. The molecule has 0 saturated heterocycles. The van der Waals surface area contributed by atoms with E-state index in [0.29, 0.717) is 5.25 Å². The number of hydrogen-bond donors (Lipinski definition) is 1. The molecule has 1 unspecified atom stereocenters. The van der Waals surface area contributed by atoms with Gasteiger partial charge in [0, 0.05) is 34.3 Å². The Bertz CT molecular complexity index is 415. The molecule has 1 aromatic heterocycles. The monoisotopic (exact) mass is 295 g/mol. The highest BCUT2D eigenvalue weighted by Gasteiger charge is 2.13. The minimum atomic E-state index is 0.115. The maximum absolute atomic E-state index is 4.67. The van der Waals surface area contributed by atoms with Crippen LogP contribution in [0, 0.1) is 13.8 Å². The molecule has 1 N–H and O–H groups in total. The Labute approximate surface area is 128 Å². The Morgan fingerprint density at radius 3 is 2.15 bits per heavy atom. The predicted molar refractivity (Wildman–Crippen MR) is 89.1 cm³/mol. The first kappa shape index (κ1) is 17.4. The largest absolute Gasteiger partial charge is 0.308 e. The second-order valence-electron chi connectivity index (χ2n) is 6.42. The molecule has 0 saturated carbocycles. The number of hydrogen-bond acceptors (Lipinski definition) is 4. The molecule has 0 amide bonds. The molecule has 20 heavy (non-hydrogen) atoms. The van der Waals surface area contributed by atoms with Gasteiger partial charge in [-0.1, -0.05) is 13.8 Å². The smallest absolute Gasteiger partial charge is 0.138 e. The van der Waals surface area contributed by atoms with E-state index in [2.05, 4.69) is 63.8 Å². The lowest BCUT2D eigenvalue weighted by Gasteiger charge is -2.22. The van der Waals surface area contributed by atoms with Gasteiger partial charge in [-0.15, -0.1) is 0 Å². The van der Waals surface area contributed by atoms with Gasteiger partial charge in [0.2, 0.25) is 0 Å². The van der Waals surface area contributed by atoms with Crippen LogP contribution in [0.3, 0.4) is 0 Å². The molecule has 0 aliphatic carbocycles. The van der Waals surface area contributed by atoms with E-state index in [1.807, 2.05) is 11.8 Å². The van der Waals surface area contributed by atoms with Crippen molar-refractivity contribution in [2.75, 3.05) is 0 Å². The molecule has 1 atom stereocenters. The SMILES string of the molecule is CCC(C)SCc1nc(C)c(CNC(C)(C)C)c(C)n1. The van der Waals surface area contributed by atoms with Crippen molar-refractivity contribution in [1.82, 2.24) is 15.3 Å². The molecule has 1 heterocycles. The van der Waals surface area contributed by atoms with Gasteiger partial charge in [-0.2, -0.15) is 11.8 Å². The molecule has 0 aliphatic heterocycles. The highest BCUT2D eigenvalue weighted by molar-refractivity contribution is 7.99. The molecule has 0 spiro atoms. The first-order chi connectivity index (χ1) is 9.23. The maximum atomic E-state index is 4.67. The number of aryl methyl sites for hydroxylation is 2. The van der Waals surface area contributed by atoms with Gasteiger partial charge in [-0.05, 0) is 41.0 Å². The summed E-state index contributed by atoms with van der Waals surface area (Å²) in [5.41, 5.74) is 3.56. The van der Waals surface area contributed by atoms with E-state index in [-0.39, 0.29) is 5.54 Å². The standard InChI is InChI=1S/C16H29N3S/c1-8-11(2)20-10-15-18-12(3)14(13(4)19-15)9-17-16(5,6)7/h11,17H,8-10H2,1-7H3. The van der Waals surface area contributed by atoms with E-state index in [9.17, 15) is 0 Å². The Kier molecular flexibility index (Phi) is 6.46. The van der Waals surface area contributed by atoms with Crippen molar-refractivity contribution in [2.45, 2.75) is 78.0 Å². The van der Waals surface area contributed by atoms with Crippen molar-refractivity contribution in [1.29, 1.82) is 0 Å². The molecule has 114 valence electrons. The summed E-state index contributed by atoms with van der Waals surface area (Å²) in [6.07, 6.45) is 1.19. The molecule has 3 nitrogen and oxygen atoms in total. The summed E-state index contributed by atoms with van der Waals surface area (Å²) in [5, 5.41) is 4.18. The summed E-state index contributed by atoms with van der Waals surface area (Å²) in [6, 6.07) is 0. The van der Waals surface area contributed by atoms with Crippen LogP contribution >= 0.6 is 11.8 Å². The number of thioether (sulfide) groups is 1.